The largest absolute Gasteiger partial charge is 0.444 e. The van der Waals surface area contributed by atoms with E-state index in [1.807, 2.05) is 20.8 Å². The average molecular weight is 260 g/mol. The van der Waals surface area contributed by atoms with Crippen molar-refractivity contribution in [2.75, 3.05) is 19.7 Å². The lowest BCUT2D eigenvalue weighted by molar-refractivity contribution is 0.0527. The lowest BCUT2D eigenvalue weighted by atomic mass is 10.0. The quantitative estimate of drug-likeness (QED) is 0.607. The van der Waals surface area contributed by atoms with Crippen LogP contribution in [0, 0.1) is 5.92 Å². The SMILES string of the molecule is CC(C)CC(CO)NCCNC(=O)OC(C)(C)C. The van der Waals surface area contributed by atoms with Gasteiger partial charge < -0.3 is 20.5 Å². The van der Waals surface area contributed by atoms with Crippen LogP contribution in [-0.4, -0.2) is 42.5 Å². The molecule has 0 spiro atoms. The number of amides is 1. The number of aliphatic hydroxyl groups excluding tert-OH is 1. The van der Waals surface area contributed by atoms with E-state index in [-0.39, 0.29) is 12.6 Å². The summed E-state index contributed by atoms with van der Waals surface area (Å²) in [5.41, 5.74) is -0.469. The average Bonchev–Trinajstić information content (AvgIpc) is 2.19. The van der Waals surface area contributed by atoms with Crippen LogP contribution in [0.1, 0.15) is 41.0 Å². The number of hydrogen-bond donors (Lipinski definition) is 3. The van der Waals surface area contributed by atoms with Crippen molar-refractivity contribution < 1.29 is 14.6 Å². The summed E-state index contributed by atoms with van der Waals surface area (Å²) in [6, 6.07) is 0.0884. The molecule has 0 rings (SSSR count). The lowest BCUT2D eigenvalue weighted by Crippen LogP contribution is -2.41. The molecule has 0 fully saturated rings. The van der Waals surface area contributed by atoms with Gasteiger partial charge in [-0.25, -0.2) is 4.79 Å². The zero-order valence-corrected chi connectivity index (χ0v) is 12.2. The second kappa shape index (κ2) is 8.32. The van der Waals surface area contributed by atoms with Gasteiger partial charge in [0.25, 0.3) is 0 Å². The summed E-state index contributed by atoms with van der Waals surface area (Å²) in [4.78, 5) is 11.3. The molecule has 0 aromatic carbocycles. The molecule has 0 aliphatic carbocycles. The fraction of sp³-hybridized carbons (Fsp3) is 0.923. The second-order valence-corrected chi connectivity index (χ2v) is 5.89. The molecule has 0 saturated carbocycles. The Balaban J connectivity index is 3.68. The fourth-order valence-electron chi connectivity index (χ4n) is 1.55. The van der Waals surface area contributed by atoms with Crippen molar-refractivity contribution in [3.63, 3.8) is 0 Å². The molecule has 18 heavy (non-hydrogen) atoms. The van der Waals surface area contributed by atoms with Crippen molar-refractivity contribution in [1.82, 2.24) is 10.6 Å². The summed E-state index contributed by atoms with van der Waals surface area (Å²) < 4.78 is 5.11. The van der Waals surface area contributed by atoms with Crippen molar-refractivity contribution in [1.29, 1.82) is 0 Å². The lowest BCUT2D eigenvalue weighted by Gasteiger charge is -2.21. The summed E-state index contributed by atoms with van der Waals surface area (Å²) in [7, 11) is 0. The Morgan fingerprint density at radius 3 is 2.33 bits per heavy atom. The van der Waals surface area contributed by atoms with Gasteiger partial charge in [-0.1, -0.05) is 13.8 Å². The van der Waals surface area contributed by atoms with Crippen LogP contribution in [-0.2, 0) is 4.74 Å². The summed E-state index contributed by atoms with van der Waals surface area (Å²) in [5.74, 6) is 0.536. The van der Waals surface area contributed by atoms with Crippen molar-refractivity contribution >= 4 is 6.09 Å². The van der Waals surface area contributed by atoms with E-state index in [0.29, 0.717) is 19.0 Å². The fourth-order valence-corrected chi connectivity index (χ4v) is 1.55. The Morgan fingerprint density at radius 2 is 1.89 bits per heavy atom. The third kappa shape index (κ3) is 10.4. The zero-order chi connectivity index (χ0) is 14.2. The van der Waals surface area contributed by atoms with Gasteiger partial charge in [0.05, 0.1) is 6.61 Å². The standard InChI is InChI=1S/C13H28N2O3/c1-10(2)8-11(9-16)14-6-7-15-12(17)18-13(3,4)5/h10-11,14,16H,6-9H2,1-5H3,(H,15,17). The van der Waals surface area contributed by atoms with E-state index >= 15 is 0 Å². The number of alkyl carbamates (subject to hydrolysis) is 1. The first-order valence-electron chi connectivity index (χ1n) is 6.55. The Bertz CT molecular complexity index is 237. The topological polar surface area (TPSA) is 70.6 Å². The van der Waals surface area contributed by atoms with Crippen LogP contribution >= 0.6 is 0 Å². The predicted octanol–water partition coefficient (Wildman–Crippen LogP) is 1.51. The van der Waals surface area contributed by atoms with Gasteiger partial charge in [-0.15, -0.1) is 0 Å². The monoisotopic (exact) mass is 260 g/mol. The molecule has 0 aromatic heterocycles. The molecule has 1 amide bonds. The smallest absolute Gasteiger partial charge is 0.407 e. The maximum absolute atomic E-state index is 11.3. The van der Waals surface area contributed by atoms with Crippen LogP contribution in [0.4, 0.5) is 4.79 Å². The first-order valence-corrected chi connectivity index (χ1v) is 6.55. The summed E-state index contributed by atoms with van der Waals surface area (Å²) in [5, 5.41) is 15.0. The van der Waals surface area contributed by atoms with Crippen LogP contribution in [0.15, 0.2) is 0 Å². The third-order valence-electron chi connectivity index (χ3n) is 2.20. The molecule has 1 unspecified atom stereocenters. The molecule has 5 heteroatoms. The minimum atomic E-state index is -0.469. The van der Waals surface area contributed by atoms with Gasteiger partial charge in [0.1, 0.15) is 5.60 Å². The van der Waals surface area contributed by atoms with Crippen LogP contribution in [0.5, 0.6) is 0 Å². The summed E-state index contributed by atoms with van der Waals surface area (Å²) in [6.07, 6.45) is 0.511. The molecule has 0 aromatic rings. The highest BCUT2D eigenvalue weighted by molar-refractivity contribution is 5.67. The molecular formula is C13H28N2O3. The molecule has 0 heterocycles. The number of carbonyl (C=O) groups is 1. The maximum Gasteiger partial charge on any atom is 0.407 e. The van der Waals surface area contributed by atoms with E-state index in [9.17, 15) is 4.79 Å². The first kappa shape index (κ1) is 17.2. The number of ether oxygens (including phenoxy) is 1. The molecule has 1 atom stereocenters. The Kier molecular flexibility index (Phi) is 7.95. The Morgan fingerprint density at radius 1 is 1.28 bits per heavy atom. The Labute approximate surface area is 110 Å². The van der Waals surface area contributed by atoms with Crippen LogP contribution in [0.2, 0.25) is 0 Å². The molecule has 0 aliphatic rings. The third-order valence-corrected chi connectivity index (χ3v) is 2.20. The van der Waals surface area contributed by atoms with E-state index in [1.165, 1.54) is 0 Å². The van der Waals surface area contributed by atoms with Crippen molar-refractivity contribution in [3.8, 4) is 0 Å². The van der Waals surface area contributed by atoms with Crippen molar-refractivity contribution in [2.45, 2.75) is 52.7 Å². The van der Waals surface area contributed by atoms with Gasteiger partial charge in [0.15, 0.2) is 0 Å². The van der Waals surface area contributed by atoms with Gasteiger partial charge >= 0.3 is 6.09 Å². The van der Waals surface area contributed by atoms with E-state index in [0.717, 1.165) is 6.42 Å². The second-order valence-electron chi connectivity index (χ2n) is 5.89. The van der Waals surface area contributed by atoms with E-state index in [1.54, 1.807) is 0 Å². The van der Waals surface area contributed by atoms with Crippen LogP contribution in [0.3, 0.4) is 0 Å². The Hall–Kier alpha value is -0.810. The molecule has 3 N–H and O–H groups in total. The molecule has 108 valence electrons. The summed E-state index contributed by atoms with van der Waals surface area (Å²) >= 11 is 0. The van der Waals surface area contributed by atoms with E-state index < -0.39 is 11.7 Å². The highest BCUT2D eigenvalue weighted by atomic mass is 16.6. The number of rotatable bonds is 7. The van der Waals surface area contributed by atoms with Gasteiger partial charge in [-0.3, -0.25) is 0 Å². The van der Waals surface area contributed by atoms with Gasteiger partial charge in [-0.2, -0.15) is 0 Å². The predicted molar refractivity (Wildman–Crippen MR) is 72.6 cm³/mol. The highest BCUT2D eigenvalue weighted by Gasteiger charge is 2.15. The molecule has 0 aliphatic heterocycles. The number of aliphatic hydroxyl groups is 1. The minimum absolute atomic E-state index is 0.0884. The van der Waals surface area contributed by atoms with Crippen LogP contribution in [0.25, 0.3) is 0 Å². The molecule has 5 nitrogen and oxygen atoms in total. The van der Waals surface area contributed by atoms with Gasteiger partial charge in [-0.05, 0) is 33.1 Å². The molecule has 0 saturated heterocycles. The van der Waals surface area contributed by atoms with Crippen molar-refractivity contribution in [3.05, 3.63) is 0 Å². The van der Waals surface area contributed by atoms with E-state index in [4.69, 9.17) is 9.84 Å². The summed E-state index contributed by atoms with van der Waals surface area (Å²) in [6.45, 7) is 10.9. The minimum Gasteiger partial charge on any atom is -0.444 e. The number of carbonyl (C=O) groups excluding carboxylic acids is 1. The number of hydrogen-bond acceptors (Lipinski definition) is 4. The first-order chi connectivity index (χ1) is 8.24. The molecule has 0 bridgehead atoms. The van der Waals surface area contributed by atoms with Gasteiger partial charge in [0, 0.05) is 19.1 Å². The zero-order valence-electron chi connectivity index (χ0n) is 12.2. The normalized spacial score (nSPS) is 13.5. The number of nitrogens with one attached hydrogen (secondary N) is 2. The van der Waals surface area contributed by atoms with Gasteiger partial charge in [0.2, 0.25) is 0 Å². The van der Waals surface area contributed by atoms with Crippen molar-refractivity contribution in [2.24, 2.45) is 5.92 Å². The molecular weight excluding hydrogens is 232 g/mol. The van der Waals surface area contributed by atoms with E-state index in [2.05, 4.69) is 24.5 Å². The highest BCUT2D eigenvalue weighted by Crippen LogP contribution is 2.06. The molecule has 0 radical (unpaired) electrons. The maximum atomic E-state index is 11.3. The van der Waals surface area contributed by atoms with Crippen LogP contribution < -0.4 is 10.6 Å².